The highest BCUT2D eigenvalue weighted by Gasteiger charge is 2.30. The summed E-state index contributed by atoms with van der Waals surface area (Å²) in [6, 6.07) is -0.00235. The highest BCUT2D eigenvalue weighted by molar-refractivity contribution is 5.75. The lowest BCUT2D eigenvalue weighted by Gasteiger charge is -2.14. The van der Waals surface area contributed by atoms with Gasteiger partial charge in [-0.2, -0.15) is 0 Å². The molecule has 0 aromatic rings. The molecule has 1 heterocycles. The van der Waals surface area contributed by atoms with Gasteiger partial charge < -0.3 is 15.0 Å². The number of carbonyl (C=O) groups is 2. The summed E-state index contributed by atoms with van der Waals surface area (Å²) in [6.45, 7) is 1.87. The van der Waals surface area contributed by atoms with E-state index in [0.717, 1.165) is 0 Å². The lowest BCUT2D eigenvalue weighted by molar-refractivity contribution is -0.129. The first-order valence-electron chi connectivity index (χ1n) is 4.68. The van der Waals surface area contributed by atoms with E-state index in [1.54, 1.807) is 14.1 Å². The fourth-order valence-corrected chi connectivity index (χ4v) is 1.35. The lowest BCUT2D eigenvalue weighted by Crippen LogP contribution is -2.29. The van der Waals surface area contributed by atoms with Gasteiger partial charge in [0.2, 0.25) is 5.91 Å². The van der Waals surface area contributed by atoms with Crippen molar-refractivity contribution in [2.75, 3.05) is 14.1 Å². The lowest BCUT2D eigenvalue weighted by atomic mass is 10.1. The van der Waals surface area contributed by atoms with E-state index in [4.69, 9.17) is 4.74 Å². The van der Waals surface area contributed by atoms with Crippen LogP contribution in [0.15, 0.2) is 0 Å². The number of alkyl carbamates (subject to hydrolysis) is 1. The second-order valence-electron chi connectivity index (χ2n) is 3.70. The van der Waals surface area contributed by atoms with E-state index in [0.29, 0.717) is 12.8 Å². The number of nitrogens with one attached hydrogen (secondary N) is 1. The van der Waals surface area contributed by atoms with Gasteiger partial charge in [-0.1, -0.05) is 0 Å². The van der Waals surface area contributed by atoms with Crippen molar-refractivity contribution in [3.05, 3.63) is 0 Å². The Morgan fingerprint density at radius 2 is 2.21 bits per heavy atom. The molecule has 0 spiro atoms. The van der Waals surface area contributed by atoms with Gasteiger partial charge in [-0.25, -0.2) is 4.79 Å². The minimum Gasteiger partial charge on any atom is -0.444 e. The number of ether oxygens (including phenoxy) is 1. The number of cyclic esters (lactones) is 1. The SMILES string of the molecule is C[C@H]1NC(=O)O[C@@H]1CCC(=O)N(C)C. The van der Waals surface area contributed by atoms with Crippen LogP contribution >= 0.6 is 0 Å². The Labute approximate surface area is 83.4 Å². The molecule has 1 N–H and O–H groups in total. The molecule has 1 saturated heterocycles. The first-order valence-corrected chi connectivity index (χ1v) is 4.68. The molecule has 80 valence electrons. The van der Waals surface area contributed by atoms with Crippen molar-refractivity contribution in [3.63, 3.8) is 0 Å². The maximum absolute atomic E-state index is 11.3. The van der Waals surface area contributed by atoms with Gasteiger partial charge in [-0.3, -0.25) is 4.79 Å². The largest absolute Gasteiger partial charge is 0.444 e. The van der Waals surface area contributed by atoms with Crippen molar-refractivity contribution in [2.45, 2.75) is 31.9 Å². The second kappa shape index (κ2) is 4.30. The van der Waals surface area contributed by atoms with Crippen LogP contribution < -0.4 is 5.32 Å². The molecule has 1 aliphatic rings. The van der Waals surface area contributed by atoms with Gasteiger partial charge in [-0.05, 0) is 13.3 Å². The molecule has 0 aromatic heterocycles. The Balaban J connectivity index is 2.32. The van der Waals surface area contributed by atoms with Gasteiger partial charge in [0, 0.05) is 20.5 Å². The summed E-state index contributed by atoms with van der Waals surface area (Å²) in [6.07, 6.45) is 0.430. The minimum atomic E-state index is -0.389. The monoisotopic (exact) mass is 200 g/mol. The first kappa shape index (κ1) is 10.8. The molecule has 1 fully saturated rings. The summed E-state index contributed by atoms with van der Waals surface area (Å²) in [5.41, 5.74) is 0. The summed E-state index contributed by atoms with van der Waals surface area (Å²) < 4.78 is 4.98. The Morgan fingerprint density at radius 3 is 2.64 bits per heavy atom. The van der Waals surface area contributed by atoms with Crippen LogP contribution in [0, 0.1) is 0 Å². The molecule has 5 heteroatoms. The molecule has 0 saturated carbocycles. The van der Waals surface area contributed by atoms with Crippen molar-refractivity contribution in [2.24, 2.45) is 0 Å². The minimum absolute atomic E-state index is 0.00235. The molecule has 1 aliphatic heterocycles. The van der Waals surface area contributed by atoms with Crippen LogP contribution in [0.25, 0.3) is 0 Å². The van der Waals surface area contributed by atoms with E-state index in [2.05, 4.69) is 5.32 Å². The van der Waals surface area contributed by atoms with Gasteiger partial charge >= 0.3 is 6.09 Å². The van der Waals surface area contributed by atoms with Crippen LogP contribution in [-0.4, -0.2) is 43.1 Å². The predicted molar refractivity (Wildman–Crippen MR) is 50.8 cm³/mol. The van der Waals surface area contributed by atoms with E-state index in [1.165, 1.54) is 4.90 Å². The maximum atomic E-state index is 11.3. The van der Waals surface area contributed by atoms with Crippen LogP contribution in [0.3, 0.4) is 0 Å². The normalized spacial score (nSPS) is 25.5. The number of carbonyl (C=O) groups excluding carboxylic acids is 2. The van der Waals surface area contributed by atoms with Crippen molar-refractivity contribution >= 4 is 12.0 Å². The third-order valence-corrected chi connectivity index (χ3v) is 2.30. The van der Waals surface area contributed by atoms with Crippen LogP contribution in [0.1, 0.15) is 19.8 Å². The molecule has 0 aromatic carbocycles. The average Bonchev–Trinajstić information content (AvgIpc) is 2.40. The van der Waals surface area contributed by atoms with Crippen LogP contribution in [0.5, 0.6) is 0 Å². The van der Waals surface area contributed by atoms with Gasteiger partial charge in [0.1, 0.15) is 6.10 Å². The number of hydrogen-bond donors (Lipinski definition) is 1. The molecule has 2 atom stereocenters. The summed E-state index contributed by atoms with van der Waals surface area (Å²) in [4.78, 5) is 23.6. The number of nitrogens with zero attached hydrogens (tertiary/aromatic N) is 1. The van der Waals surface area contributed by atoms with Crippen molar-refractivity contribution < 1.29 is 14.3 Å². The maximum Gasteiger partial charge on any atom is 0.407 e. The number of hydrogen-bond acceptors (Lipinski definition) is 3. The third kappa shape index (κ3) is 2.61. The van der Waals surface area contributed by atoms with Crippen molar-refractivity contribution in [1.29, 1.82) is 0 Å². The highest BCUT2D eigenvalue weighted by atomic mass is 16.6. The van der Waals surface area contributed by atoms with Gasteiger partial charge in [0.25, 0.3) is 0 Å². The van der Waals surface area contributed by atoms with E-state index in [-0.39, 0.29) is 24.1 Å². The molecule has 1 rings (SSSR count). The molecule has 0 unspecified atom stereocenters. The summed E-state index contributed by atoms with van der Waals surface area (Å²) >= 11 is 0. The highest BCUT2D eigenvalue weighted by Crippen LogP contribution is 2.14. The number of amides is 2. The van der Waals surface area contributed by atoms with Crippen LogP contribution in [-0.2, 0) is 9.53 Å². The Bertz CT molecular complexity index is 240. The molecular formula is C9H16N2O3. The van der Waals surface area contributed by atoms with E-state index >= 15 is 0 Å². The zero-order valence-electron chi connectivity index (χ0n) is 8.74. The average molecular weight is 200 g/mol. The second-order valence-corrected chi connectivity index (χ2v) is 3.70. The van der Waals surface area contributed by atoms with Gasteiger partial charge in [-0.15, -0.1) is 0 Å². The quantitative estimate of drug-likeness (QED) is 0.715. The molecule has 0 bridgehead atoms. The zero-order chi connectivity index (χ0) is 10.7. The Hall–Kier alpha value is -1.26. The van der Waals surface area contributed by atoms with E-state index in [9.17, 15) is 9.59 Å². The first-order chi connectivity index (χ1) is 6.50. The fourth-order valence-electron chi connectivity index (χ4n) is 1.35. The van der Waals surface area contributed by atoms with Crippen LogP contribution in [0.4, 0.5) is 4.79 Å². The van der Waals surface area contributed by atoms with Crippen molar-refractivity contribution in [3.8, 4) is 0 Å². The molecule has 0 radical (unpaired) electrons. The predicted octanol–water partition coefficient (Wildman–Crippen LogP) is 0.352. The van der Waals surface area contributed by atoms with Gasteiger partial charge in [0.15, 0.2) is 0 Å². The zero-order valence-corrected chi connectivity index (χ0v) is 8.74. The summed E-state index contributed by atoms with van der Waals surface area (Å²) in [5, 5.41) is 2.63. The van der Waals surface area contributed by atoms with Crippen LogP contribution in [0.2, 0.25) is 0 Å². The summed E-state index contributed by atoms with van der Waals surface area (Å²) in [7, 11) is 3.43. The molecule has 14 heavy (non-hydrogen) atoms. The molecule has 2 amide bonds. The third-order valence-electron chi connectivity index (χ3n) is 2.30. The molecular weight excluding hydrogens is 184 g/mol. The Kier molecular flexibility index (Phi) is 3.33. The Morgan fingerprint density at radius 1 is 1.57 bits per heavy atom. The smallest absolute Gasteiger partial charge is 0.407 e. The van der Waals surface area contributed by atoms with E-state index in [1.807, 2.05) is 6.92 Å². The molecule has 5 nitrogen and oxygen atoms in total. The standard InChI is InChI=1S/C9H16N2O3/c1-6-7(14-9(13)10-6)4-5-8(12)11(2)3/h6-7H,4-5H2,1-3H3,(H,10,13)/t6-,7-/m1/s1. The van der Waals surface area contributed by atoms with E-state index < -0.39 is 0 Å². The fraction of sp³-hybridized carbons (Fsp3) is 0.778. The summed E-state index contributed by atoms with van der Waals surface area (Å²) in [5.74, 6) is 0.0557. The molecule has 0 aliphatic carbocycles. The number of rotatable bonds is 3. The van der Waals surface area contributed by atoms with Crippen molar-refractivity contribution in [1.82, 2.24) is 10.2 Å². The van der Waals surface area contributed by atoms with Gasteiger partial charge in [0.05, 0.1) is 6.04 Å². The topological polar surface area (TPSA) is 58.6 Å².